The number of amides is 3. The lowest BCUT2D eigenvalue weighted by molar-refractivity contribution is -0.119. The molecule has 1 aliphatic rings. The van der Waals surface area contributed by atoms with E-state index in [4.69, 9.17) is 4.74 Å². The number of anilines is 1. The molecule has 18 heavy (non-hydrogen) atoms. The van der Waals surface area contributed by atoms with Crippen LogP contribution in [0.1, 0.15) is 13.8 Å². The Morgan fingerprint density at radius 2 is 2.11 bits per heavy atom. The van der Waals surface area contributed by atoms with Crippen LogP contribution in [0.4, 0.5) is 10.5 Å². The number of carbonyl (C=O) groups is 2. The quantitative estimate of drug-likeness (QED) is 0.839. The predicted octanol–water partition coefficient (Wildman–Crippen LogP) is 1.03. The molecule has 0 bridgehead atoms. The first-order valence-electron chi connectivity index (χ1n) is 5.69. The highest BCUT2D eigenvalue weighted by Gasteiger charge is 2.22. The number of hydrazine groups is 1. The lowest BCUT2D eigenvalue weighted by atomic mass is 10.3. The Morgan fingerprint density at radius 3 is 2.78 bits per heavy atom. The molecule has 96 valence electrons. The van der Waals surface area contributed by atoms with Gasteiger partial charge in [0, 0.05) is 6.07 Å². The Balaban J connectivity index is 2.17. The lowest BCUT2D eigenvalue weighted by Crippen LogP contribution is -2.59. The molecule has 0 aliphatic carbocycles. The molecule has 0 unspecified atom stereocenters. The van der Waals surface area contributed by atoms with Crippen molar-refractivity contribution in [2.24, 2.45) is 0 Å². The van der Waals surface area contributed by atoms with Gasteiger partial charge in [0.15, 0.2) is 0 Å². The number of hydrogen-bond acceptors (Lipinski definition) is 4. The van der Waals surface area contributed by atoms with Crippen LogP contribution in [0.5, 0.6) is 5.75 Å². The maximum atomic E-state index is 11.3. The van der Waals surface area contributed by atoms with Gasteiger partial charge in [-0.05, 0) is 26.0 Å². The Labute approximate surface area is 105 Å². The Morgan fingerprint density at radius 1 is 1.33 bits per heavy atom. The van der Waals surface area contributed by atoms with E-state index in [0.29, 0.717) is 11.4 Å². The fourth-order valence-electron chi connectivity index (χ4n) is 1.65. The minimum absolute atomic E-state index is 0.0690. The molecule has 2 rings (SSSR count). The number of rotatable bonds is 3. The van der Waals surface area contributed by atoms with Gasteiger partial charge in [-0.25, -0.2) is 10.2 Å². The van der Waals surface area contributed by atoms with E-state index in [1.54, 1.807) is 12.1 Å². The molecule has 2 N–H and O–H groups in total. The molecular formula is C12H15N3O3. The summed E-state index contributed by atoms with van der Waals surface area (Å²) in [4.78, 5) is 22.5. The molecular weight excluding hydrogens is 234 g/mol. The van der Waals surface area contributed by atoms with Crippen LogP contribution in [0.3, 0.4) is 0 Å². The molecule has 6 nitrogen and oxygen atoms in total. The van der Waals surface area contributed by atoms with E-state index in [-0.39, 0.29) is 18.6 Å². The van der Waals surface area contributed by atoms with E-state index in [9.17, 15) is 9.59 Å². The predicted molar refractivity (Wildman–Crippen MR) is 66.2 cm³/mol. The Bertz CT molecular complexity index is 457. The van der Waals surface area contributed by atoms with E-state index >= 15 is 0 Å². The van der Waals surface area contributed by atoms with Crippen molar-refractivity contribution < 1.29 is 14.3 Å². The fraction of sp³-hybridized carbons (Fsp3) is 0.333. The zero-order valence-corrected chi connectivity index (χ0v) is 10.3. The van der Waals surface area contributed by atoms with Gasteiger partial charge in [-0.1, -0.05) is 6.07 Å². The first kappa shape index (κ1) is 12.2. The summed E-state index contributed by atoms with van der Waals surface area (Å²) in [5, 5.41) is 3.64. The van der Waals surface area contributed by atoms with Crippen LogP contribution in [-0.2, 0) is 4.79 Å². The van der Waals surface area contributed by atoms with Gasteiger partial charge < -0.3 is 4.74 Å². The second-order valence-corrected chi connectivity index (χ2v) is 4.24. The monoisotopic (exact) mass is 249 g/mol. The number of carbonyl (C=O) groups excluding carboxylic acids is 2. The smallest absolute Gasteiger partial charge is 0.340 e. The maximum absolute atomic E-state index is 11.3. The van der Waals surface area contributed by atoms with E-state index in [0.717, 1.165) is 0 Å². The molecule has 1 aromatic carbocycles. The molecule has 1 heterocycles. The summed E-state index contributed by atoms with van der Waals surface area (Å²) in [6, 6.07) is 6.69. The molecule has 0 saturated carbocycles. The maximum Gasteiger partial charge on any atom is 0.340 e. The van der Waals surface area contributed by atoms with Crippen molar-refractivity contribution in [3.8, 4) is 5.75 Å². The van der Waals surface area contributed by atoms with Gasteiger partial charge >= 0.3 is 6.03 Å². The van der Waals surface area contributed by atoms with E-state index in [1.807, 2.05) is 26.0 Å². The van der Waals surface area contributed by atoms with Crippen LogP contribution < -0.4 is 20.5 Å². The summed E-state index contributed by atoms with van der Waals surface area (Å²) in [6.07, 6.45) is 0.0690. The topological polar surface area (TPSA) is 70.7 Å². The first-order valence-corrected chi connectivity index (χ1v) is 5.69. The number of nitrogens with one attached hydrogen (secondary N) is 2. The highest BCUT2D eigenvalue weighted by molar-refractivity contribution is 6.00. The Hall–Kier alpha value is -2.24. The second-order valence-electron chi connectivity index (χ2n) is 4.24. The summed E-state index contributed by atoms with van der Waals surface area (Å²) >= 11 is 0. The van der Waals surface area contributed by atoms with Crippen molar-refractivity contribution in [2.45, 2.75) is 20.0 Å². The van der Waals surface area contributed by atoms with Gasteiger partial charge in [-0.15, -0.1) is 0 Å². The molecule has 1 aromatic rings. The van der Waals surface area contributed by atoms with Crippen LogP contribution in [0, 0.1) is 0 Å². The number of benzene rings is 1. The minimum atomic E-state index is -0.526. The average Bonchev–Trinajstić information content (AvgIpc) is 2.27. The van der Waals surface area contributed by atoms with Crippen molar-refractivity contribution in [2.75, 3.05) is 11.6 Å². The SMILES string of the molecule is CC(C)Oc1cccc(N2CC(=O)NC(=O)N2)c1. The number of imide groups is 1. The number of ether oxygens (including phenoxy) is 1. The highest BCUT2D eigenvalue weighted by Crippen LogP contribution is 2.21. The van der Waals surface area contributed by atoms with Gasteiger partial charge in [-0.3, -0.25) is 15.1 Å². The third-order valence-electron chi connectivity index (χ3n) is 2.29. The van der Waals surface area contributed by atoms with Crippen molar-refractivity contribution in [1.82, 2.24) is 10.7 Å². The van der Waals surface area contributed by atoms with Crippen LogP contribution in [0.2, 0.25) is 0 Å². The summed E-state index contributed by atoms with van der Waals surface area (Å²) in [7, 11) is 0. The van der Waals surface area contributed by atoms with Crippen LogP contribution >= 0.6 is 0 Å². The van der Waals surface area contributed by atoms with Crippen molar-refractivity contribution >= 4 is 17.6 Å². The zero-order chi connectivity index (χ0) is 13.1. The third kappa shape index (κ3) is 2.91. The average molecular weight is 249 g/mol. The summed E-state index contributed by atoms with van der Waals surface area (Å²) in [5.74, 6) is 0.358. The standard InChI is InChI=1S/C12H15N3O3/c1-8(2)18-10-5-3-4-9(6-10)15-7-11(16)13-12(17)14-15/h3-6,8H,7H2,1-2H3,(H2,13,14,16,17). The first-order chi connectivity index (χ1) is 8.54. The molecule has 0 aromatic heterocycles. The summed E-state index contributed by atoms with van der Waals surface area (Å²) in [5.41, 5.74) is 3.26. The van der Waals surface area contributed by atoms with Gasteiger partial charge in [0.05, 0.1) is 11.8 Å². The number of hydrogen-bond donors (Lipinski definition) is 2. The van der Waals surface area contributed by atoms with E-state index < -0.39 is 6.03 Å². The molecule has 1 fully saturated rings. The third-order valence-corrected chi connectivity index (χ3v) is 2.29. The highest BCUT2D eigenvalue weighted by atomic mass is 16.5. The largest absolute Gasteiger partial charge is 0.491 e. The summed E-state index contributed by atoms with van der Waals surface area (Å²) < 4.78 is 5.56. The van der Waals surface area contributed by atoms with Crippen LogP contribution in [0.15, 0.2) is 24.3 Å². The second kappa shape index (κ2) is 4.95. The molecule has 0 spiro atoms. The van der Waals surface area contributed by atoms with Gasteiger partial charge in [0.1, 0.15) is 12.3 Å². The molecule has 0 radical (unpaired) electrons. The number of nitrogens with zero attached hydrogens (tertiary/aromatic N) is 1. The Kier molecular flexibility index (Phi) is 3.36. The zero-order valence-electron chi connectivity index (χ0n) is 10.3. The van der Waals surface area contributed by atoms with E-state index in [2.05, 4.69) is 10.7 Å². The van der Waals surface area contributed by atoms with E-state index in [1.165, 1.54) is 5.01 Å². The van der Waals surface area contributed by atoms with Gasteiger partial charge in [0.2, 0.25) is 5.91 Å². The fourth-order valence-corrected chi connectivity index (χ4v) is 1.65. The summed E-state index contributed by atoms with van der Waals surface area (Å²) in [6.45, 7) is 3.95. The van der Waals surface area contributed by atoms with Crippen LogP contribution in [-0.4, -0.2) is 24.6 Å². The van der Waals surface area contributed by atoms with Crippen LogP contribution in [0.25, 0.3) is 0 Å². The molecule has 3 amide bonds. The molecule has 6 heteroatoms. The molecule has 1 saturated heterocycles. The van der Waals surface area contributed by atoms with Crippen molar-refractivity contribution in [3.05, 3.63) is 24.3 Å². The molecule has 0 atom stereocenters. The minimum Gasteiger partial charge on any atom is -0.491 e. The van der Waals surface area contributed by atoms with Gasteiger partial charge in [0.25, 0.3) is 0 Å². The lowest BCUT2D eigenvalue weighted by Gasteiger charge is -2.28. The normalized spacial score (nSPS) is 15.4. The molecule has 1 aliphatic heterocycles. The number of urea groups is 1. The van der Waals surface area contributed by atoms with Gasteiger partial charge in [-0.2, -0.15) is 0 Å². The van der Waals surface area contributed by atoms with Crippen molar-refractivity contribution in [1.29, 1.82) is 0 Å². The van der Waals surface area contributed by atoms with Crippen molar-refractivity contribution in [3.63, 3.8) is 0 Å².